The third-order valence-corrected chi connectivity index (χ3v) is 5.33. The average Bonchev–Trinajstić information content (AvgIpc) is 3.03. The van der Waals surface area contributed by atoms with Crippen molar-refractivity contribution in [2.45, 2.75) is 19.3 Å². The minimum Gasteiger partial charge on any atom is -0.331 e. The van der Waals surface area contributed by atoms with Crippen molar-refractivity contribution in [1.82, 2.24) is 14.9 Å². The highest BCUT2D eigenvalue weighted by molar-refractivity contribution is 7.71. The van der Waals surface area contributed by atoms with E-state index in [-0.39, 0.29) is 0 Å². The Kier molecular flexibility index (Phi) is 5.19. The van der Waals surface area contributed by atoms with E-state index in [1.54, 1.807) is 0 Å². The average molecular weight is 362 g/mol. The Morgan fingerprint density at radius 2 is 1.77 bits per heavy atom. The topological polar surface area (TPSA) is 34.8 Å². The van der Waals surface area contributed by atoms with Crippen LogP contribution >= 0.6 is 12.2 Å². The lowest BCUT2D eigenvalue weighted by molar-refractivity contribution is 0.203. The smallest absolute Gasteiger partial charge is 0.175 e. The first kappa shape index (κ1) is 17.1. The molecule has 0 radical (unpaired) electrons. The van der Waals surface area contributed by atoms with Crippen LogP contribution in [0.25, 0.3) is 11.0 Å². The number of nitrogens with zero attached hydrogens (tertiary/aromatic N) is 1. The molecule has 1 aromatic heterocycles. The number of H-pyrrole nitrogens is 2. The largest absolute Gasteiger partial charge is 0.331 e. The van der Waals surface area contributed by atoms with E-state index in [2.05, 4.69) is 63.1 Å². The first-order valence-electron chi connectivity index (χ1n) is 9.23. The maximum absolute atomic E-state index is 5.13. The van der Waals surface area contributed by atoms with Gasteiger partial charge in [-0.3, -0.25) is 4.90 Å². The first-order valence-corrected chi connectivity index (χ1v) is 9.64. The van der Waals surface area contributed by atoms with Crippen molar-refractivity contribution in [1.29, 1.82) is 0 Å². The Labute approximate surface area is 159 Å². The number of benzene rings is 2. The van der Waals surface area contributed by atoms with Crippen LogP contribution in [0, 0.1) is 22.5 Å². The van der Waals surface area contributed by atoms with Crippen LogP contribution in [-0.2, 0) is 6.42 Å². The van der Waals surface area contributed by atoms with Crippen LogP contribution < -0.4 is 0 Å². The summed E-state index contributed by atoms with van der Waals surface area (Å²) < 4.78 is 0.656. The number of imidazole rings is 1. The molecule has 2 heterocycles. The summed E-state index contributed by atoms with van der Waals surface area (Å²) in [6, 6.07) is 17.0. The quantitative estimate of drug-likeness (QED) is 0.531. The van der Waals surface area contributed by atoms with E-state index in [9.17, 15) is 0 Å². The molecule has 0 bridgehead atoms. The molecule has 3 aromatic rings. The summed E-state index contributed by atoms with van der Waals surface area (Å²) in [6.45, 7) is 3.14. The monoisotopic (exact) mass is 361 g/mol. The van der Waals surface area contributed by atoms with Crippen molar-refractivity contribution in [2.75, 3.05) is 19.6 Å². The fraction of sp³-hybridized carbons (Fsp3) is 0.318. The van der Waals surface area contributed by atoms with Crippen molar-refractivity contribution in [3.63, 3.8) is 0 Å². The highest BCUT2D eigenvalue weighted by atomic mass is 32.1. The maximum Gasteiger partial charge on any atom is 0.175 e. The minimum atomic E-state index is 0.656. The maximum atomic E-state index is 5.13. The molecular weight excluding hydrogens is 338 g/mol. The molecule has 2 aromatic carbocycles. The Bertz CT molecular complexity index is 983. The normalized spacial score (nSPS) is 15.7. The van der Waals surface area contributed by atoms with Gasteiger partial charge in [-0.05, 0) is 74.3 Å². The molecule has 0 atom stereocenters. The van der Waals surface area contributed by atoms with E-state index in [4.69, 9.17) is 12.2 Å². The third-order valence-electron chi connectivity index (χ3n) is 5.13. The highest BCUT2D eigenvalue weighted by Gasteiger charge is 2.18. The summed E-state index contributed by atoms with van der Waals surface area (Å²) in [7, 11) is 0. The second kappa shape index (κ2) is 7.90. The van der Waals surface area contributed by atoms with Crippen LogP contribution in [-0.4, -0.2) is 34.5 Å². The Balaban J connectivity index is 1.29. The van der Waals surface area contributed by atoms with Crippen LogP contribution in [0.2, 0.25) is 0 Å². The molecule has 0 aliphatic carbocycles. The van der Waals surface area contributed by atoms with Gasteiger partial charge >= 0.3 is 0 Å². The molecule has 2 N–H and O–H groups in total. The second-order valence-corrected chi connectivity index (χ2v) is 7.46. The van der Waals surface area contributed by atoms with Gasteiger partial charge in [-0.2, -0.15) is 0 Å². The minimum absolute atomic E-state index is 0.656. The Morgan fingerprint density at radius 1 is 1.00 bits per heavy atom. The fourth-order valence-corrected chi connectivity index (χ4v) is 3.88. The second-order valence-electron chi connectivity index (χ2n) is 7.05. The SMILES string of the molecule is S=c1[nH]c2ccc(C#CCN3CCC(Cc4ccccc4)CC3)cc2[nH]1. The highest BCUT2D eigenvalue weighted by Crippen LogP contribution is 2.21. The summed E-state index contributed by atoms with van der Waals surface area (Å²) in [5.74, 6) is 7.42. The van der Waals surface area contributed by atoms with E-state index in [0.29, 0.717) is 4.77 Å². The molecule has 4 heteroatoms. The zero-order valence-corrected chi connectivity index (χ0v) is 15.6. The molecule has 1 aliphatic rings. The van der Waals surface area contributed by atoms with Gasteiger partial charge in [0.25, 0.3) is 0 Å². The zero-order chi connectivity index (χ0) is 17.8. The van der Waals surface area contributed by atoms with Gasteiger partial charge in [0.15, 0.2) is 4.77 Å². The molecule has 4 rings (SSSR count). The molecule has 1 aliphatic heterocycles. The summed E-state index contributed by atoms with van der Waals surface area (Å²) >= 11 is 5.13. The number of aromatic nitrogens is 2. The molecular formula is C22H23N3S. The standard InChI is InChI=1S/C22H23N3S/c26-22-23-20-9-8-18(16-21(20)24-22)7-4-12-25-13-10-19(11-14-25)15-17-5-2-1-3-6-17/h1-3,5-6,8-9,16,19H,10-15H2,(H2,23,24,26). The van der Waals surface area contributed by atoms with Gasteiger partial charge in [-0.25, -0.2) is 0 Å². The predicted octanol–water partition coefficient (Wildman–Crippen LogP) is 4.53. The number of likely N-dealkylation sites (tertiary alicyclic amines) is 1. The lowest BCUT2D eigenvalue weighted by Gasteiger charge is -2.30. The van der Waals surface area contributed by atoms with E-state index in [0.717, 1.165) is 42.1 Å². The fourth-order valence-electron chi connectivity index (χ4n) is 3.66. The molecule has 132 valence electrons. The van der Waals surface area contributed by atoms with Gasteiger partial charge in [0.1, 0.15) is 0 Å². The van der Waals surface area contributed by atoms with Crippen LogP contribution in [0.3, 0.4) is 0 Å². The first-order chi connectivity index (χ1) is 12.8. The van der Waals surface area contributed by atoms with Crippen molar-refractivity contribution in [3.8, 4) is 11.8 Å². The number of hydrogen-bond donors (Lipinski definition) is 2. The summed E-state index contributed by atoms with van der Waals surface area (Å²) in [6.07, 6.45) is 3.74. The summed E-state index contributed by atoms with van der Waals surface area (Å²) in [5.41, 5.74) is 4.54. The van der Waals surface area contributed by atoms with Gasteiger partial charge in [0.2, 0.25) is 0 Å². The van der Waals surface area contributed by atoms with E-state index >= 15 is 0 Å². The van der Waals surface area contributed by atoms with Gasteiger partial charge in [0.05, 0.1) is 17.6 Å². The molecule has 0 spiro atoms. The number of aromatic amines is 2. The number of piperidine rings is 1. The molecule has 1 saturated heterocycles. The van der Waals surface area contributed by atoms with E-state index in [1.165, 1.54) is 24.8 Å². The summed E-state index contributed by atoms with van der Waals surface area (Å²) in [4.78, 5) is 8.73. The number of rotatable bonds is 3. The molecule has 0 unspecified atom stereocenters. The van der Waals surface area contributed by atoms with E-state index < -0.39 is 0 Å². The van der Waals surface area contributed by atoms with Crippen LogP contribution in [0.15, 0.2) is 48.5 Å². The Morgan fingerprint density at radius 3 is 2.58 bits per heavy atom. The Hall–Kier alpha value is -2.35. The van der Waals surface area contributed by atoms with E-state index in [1.807, 2.05) is 12.1 Å². The van der Waals surface area contributed by atoms with Crippen molar-refractivity contribution < 1.29 is 0 Å². The number of fused-ring (bicyclic) bond motifs is 1. The lowest BCUT2D eigenvalue weighted by atomic mass is 9.90. The van der Waals surface area contributed by atoms with Crippen LogP contribution in [0.4, 0.5) is 0 Å². The third kappa shape index (κ3) is 4.24. The molecule has 0 saturated carbocycles. The van der Waals surface area contributed by atoms with Crippen molar-refractivity contribution >= 4 is 23.3 Å². The number of hydrogen-bond acceptors (Lipinski definition) is 2. The molecule has 3 nitrogen and oxygen atoms in total. The zero-order valence-electron chi connectivity index (χ0n) is 14.8. The van der Waals surface area contributed by atoms with Gasteiger partial charge in [0, 0.05) is 5.56 Å². The molecule has 1 fully saturated rings. The molecule has 0 amide bonds. The lowest BCUT2D eigenvalue weighted by Crippen LogP contribution is -2.34. The number of nitrogens with one attached hydrogen (secondary N) is 2. The molecule has 26 heavy (non-hydrogen) atoms. The van der Waals surface area contributed by atoms with Crippen molar-refractivity contribution in [2.24, 2.45) is 5.92 Å². The van der Waals surface area contributed by atoms with Crippen LogP contribution in [0.1, 0.15) is 24.0 Å². The summed E-state index contributed by atoms with van der Waals surface area (Å²) in [5, 5.41) is 0. The van der Waals surface area contributed by atoms with Crippen LogP contribution in [0.5, 0.6) is 0 Å². The van der Waals surface area contributed by atoms with Crippen molar-refractivity contribution in [3.05, 3.63) is 64.4 Å². The predicted molar refractivity (Wildman–Crippen MR) is 110 cm³/mol. The van der Waals surface area contributed by atoms with Gasteiger partial charge in [-0.1, -0.05) is 42.2 Å². The van der Waals surface area contributed by atoms with Gasteiger partial charge in [-0.15, -0.1) is 0 Å². The van der Waals surface area contributed by atoms with Gasteiger partial charge < -0.3 is 9.97 Å².